The third-order valence-corrected chi connectivity index (χ3v) is 3.19. The van der Waals surface area contributed by atoms with Crippen LogP contribution >= 0.6 is 11.6 Å². The molecule has 0 heterocycles. The molecule has 8 heteroatoms. The topological polar surface area (TPSA) is 127 Å². The Kier molecular flexibility index (Phi) is 4.82. The first kappa shape index (κ1) is 16.3. The van der Waals surface area contributed by atoms with E-state index in [0.717, 1.165) is 0 Å². The van der Waals surface area contributed by atoms with Gasteiger partial charge in [-0.3, -0.25) is 19.7 Å². The Bertz CT molecular complexity index is 792. The monoisotopic (exact) mass is 332 g/mol. The van der Waals surface area contributed by atoms with Crippen LogP contribution in [0.4, 0.5) is 17.1 Å². The maximum atomic E-state index is 11.9. The van der Waals surface area contributed by atoms with E-state index in [-0.39, 0.29) is 22.0 Å². The molecule has 0 aliphatic rings. The highest BCUT2D eigenvalue weighted by atomic mass is 35.5. The van der Waals surface area contributed by atoms with Gasteiger partial charge < -0.3 is 16.8 Å². The van der Waals surface area contributed by atoms with Crippen LogP contribution in [0.25, 0.3) is 0 Å². The molecule has 2 rings (SSSR count). The van der Waals surface area contributed by atoms with E-state index in [9.17, 15) is 14.4 Å². The number of para-hydroxylation sites is 1. The molecule has 0 bridgehead atoms. The van der Waals surface area contributed by atoms with Crippen LogP contribution in [0.2, 0.25) is 5.02 Å². The van der Waals surface area contributed by atoms with Gasteiger partial charge in [0.15, 0.2) is 0 Å². The Morgan fingerprint density at radius 3 is 2.30 bits per heavy atom. The van der Waals surface area contributed by atoms with Gasteiger partial charge in [0.25, 0.3) is 5.91 Å². The molecule has 0 unspecified atom stereocenters. The number of carbonyl (C=O) groups excluding carboxylic acids is 3. The number of nitrogen functional groups attached to an aromatic ring is 2. The number of hydrogen-bond donors (Lipinski definition) is 4. The van der Waals surface area contributed by atoms with E-state index in [1.54, 1.807) is 12.1 Å². The van der Waals surface area contributed by atoms with Crippen molar-refractivity contribution < 1.29 is 14.4 Å². The first-order valence-electron chi connectivity index (χ1n) is 6.44. The molecule has 0 fully saturated rings. The fourth-order valence-corrected chi connectivity index (χ4v) is 1.98. The van der Waals surface area contributed by atoms with Crippen LogP contribution in [-0.4, -0.2) is 17.7 Å². The minimum absolute atomic E-state index is 0.0965. The first-order chi connectivity index (χ1) is 10.9. The third kappa shape index (κ3) is 3.98. The molecule has 0 aliphatic carbocycles. The van der Waals surface area contributed by atoms with Gasteiger partial charge in [-0.15, -0.1) is 0 Å². The van der Waals surface area contributed by atoms with Gasteiger partial charge in [-0.1, -0.05) is 23.7 Å². The van der Waals surface area contributed by atoms with E-state index in [1.165, 1.54) is 30.3 Å². The summed E-state index contributed by atoms with van der Waals surface area (Å²) in [6, 6.07) is 10.5. The standard InChI is InChI=1S/C15H13ClN4O3/c16-10-7-8(17)5-6-12(10)19-14(22)15(23)20-13(21)9-3-1-2-4-11(9)18/h1-7H,17-18H2,(H,19,22)(H,20,21,23). The van der Waals surface area contributed by atoms with Crippen molar-refractivity contribution >= 4 is 46.4 Å². The molecule has 6 N–H and O–H groups in total. The second-order valence-electron chi connectivity index (χ2n) is 4.56. The Morgan fingerprint density at radius 1 is 0.957 bits per heavy atom. The van der Waals surface area contributed by atoms with Crippen LogP contribution in [0.5, 0.6) is 0 Å². The van der Waals surface area contributed by atoms with Crippen LogP contribution in [-0.2, 0) is 9.59 Å². The first-order valence-corrected chi connectivity index (χ1v) is 6.82. The summed E-state index contributed by atoms with van der Waals surface area (Å²) < 4.78 is 0. The number of anilines is 3. The molecule has 7 nitrogen and oxygen atoms in total. The molecule has 3 amide bonds. The Balaban J connectivity index is 2.04. The van der Waals surface area contributed by atoms with E-state index in [2.05, 4.69) is 5.32 Å². The van der Waals surface area contributed by atoms with E-state index in [1.807, 2.05) is 5.32 Å². The number of nitrogens with two attached hydrogens (primary N) is 2. The zero-order valence-corrected chi connectivity index (χ0v) is 12.6. The molecule has 0 saturated heterocycles. The Labute approximate surface area is 136 Å². The summed E-state index contributed by atoms with van der Waals surface area (Å²) in [5, 5.41) is 4.41. The van der Waals surface area contributed by atoms with E-state index in [4.69, 9.17) is 23.1 Å². The van der Waals surface area contributed by atoms with Gasteiger partial charge in [0.1, 0.15) is 0 Å². The summed E-state index contributed by atoms with van der Waals surface area (Å²) in [7, 11) is 0. The molecule has 2 aromatic carbocycles. The van der Waals surface area contributed by atoms with Crippen molar-refractivity contribution in [2.75, 3.05) is 16.8 Å². The third-order valence-electron chi connectivity index (χ3n) is 2.88. The highest BCUT2D eigenvalue weighted by Crippen LogP contribution is 2.23. The maximum absolute atomic E-state index is 11.9. The summed E-state index contributed by atoms with van der Waals surface area (Å²) >= 11 is 5.89. The molecule has 0 aromatic heterocycles. The van der Waals surface area contributed by atoms with Gasteiger partial charge in [0.05, 0.1) is 16.3 Å². The number of imide groups is 1. The molecule has 0 atom stereocenters. The van der Waals surface area contributed by atoms with Gasteiger partial charge in [0, 0.05) is 11.4 Å². The van der Waals surface area contributed by atoms with Crippen LogP contribution in [0.1, 0.15) is 10.4 Å². The lowest BCUT2D eigenvalue weighted by atomic mass is 10.1. The van der Waals surface area contributed by atoms with Crippen molar-refractivity contribution in [1.29, 1.82) is 0 Å². The fourth-order valence-electron chi connectivity index (χ4n) is 1.74. The normalized spacial score (nSPS) is 9.96. The van der Waals surface area contributed by atoms with E-state index in [0.29, 0.717) is 5.69 Å². The van der Waals surface area contributed by atoms with Gasteiger partial charge in [-0.05, 0) is 30.3 Å². The zero-order valence-electron chi connectivity index (χ0n) is 11.8. The SMILES string of the molecule is Nc1ccc(NC(=O)C(=O)NC(=O)c2ccccc2N)c(Cl)c1. The Hall–Kier alpha value is -3.06. The van der Waals surface area contributed by atoms with Crippen LogP contribution in [0.3, 0.4) is 0 Å². The van der Waals surface area contributed by atoms with Crippen molar-refractivity contribution in [3.63, 3.8) is 0 Å². The molecule has 23 heavy (non-hydrogen) atoms. The number of halogens is 1. The number of carbonyl (C=O) groups is 3. The summed E-state index contributed by atoms with van der Waals surface area (Å²) in [4.78, 5) is 35.5. The average molecular weight is 333 g/mol. The number of rotatable bonds is 2. The lowest BCUT2D eigenvalue weighted by Crippen LogP contribution is -2.39. The lowest BCUT2D eigenvalue weighted by molar-refractivity contribution is -0.135. The van der Waals surface area contributed by atoms with Crippen molar-refractivity contribution in [3.8, 4) is 0 Å². The van der Waals surface area contributed by atoms with Crippen molar-refractivity contribution in [2.45, 2.75) is 0 Å². The number of hydrogen-bond acceptors (Lipinski definition) is 5. The molecule has 0 spiro atoms. The molecular formula is C15H13ClN4O3. The second-order valence-corrected chi connectivity index (χ2v) is 4.97. The number of amides is 3. The highest BCUT2D eigenvalue weighted by molar-refractivity contribution is 6.44. The smallest absolute Gasteiger partial charge is 0.316 e. The van der Waals surface area contributed by atoms with E-state index >= 15 is 0 Å². The van der Waals surface area contributed by atoms with Crippen LogP contribution in [0.15, 0.2) is 42.5 Å². The minimum atomic E-state index is -1.13. The Morgan fingerprint density at radius 2 is 1.65 bits per heavy atom. The van der Waals surface area contributed by atoms with Gasteiger partial charge in [-0.2, -0.15) is 0 Å². The van der Waals surface area contributed by atoms with Crippen LogP contribution in [0, 0.1) is 0 Å². The van der Waals surface area contributed by atoms with Crippen molar-refractivity contribution in [1.82, 2.24) is 5.32 Å². The fraction of sp³-hybridized carbons (Fsp3) is 0. The highest BCUT2D eigenvalue weighted by Gasteiger charge is 2.19. The lowest BCUT2D eigenvalue weighted by Gasteiger charge is -2.08. The zero-order chi connectivity index (χ0) is 17.0. The molecule has 0 saturated carbocycles. The second kappa shape index (κ2) is 6.80. The number of benzene rings is 2. The van der Waals surface area contributed by atoms with Gasteiger partial charge >= 0.3 is 11.8 Å². The minimum Gasteiger partial charge on any atom is -0.399 e. The molecule has 2 aromatic rings. The van der Waals surface area contributed by atoms with Crippen LogP contribution < -0.4 is 22.1 Å². The number of nitrogens with one attached hydrogen (secondary N) is 2. The van der Waals surface area contributed by atoms with Crippen molar-refractivity contribution in [3.05, 3.63) is 53.1 Å². The summed E-state index contributed by atoms with van der Waals surface area (Å²) in [5.41, 5.74) is 12.1. The molecule has 0 radical (unpaired) electrons. The predicted octanol–water partition coefficient (Wildman–Crippen LogP) is 1.40. The molecule has 118 valence electrons. The predicted molar refractivity (Wildman–Crippen MR) is 87.8 cm³/mol. The van der Waals surface area contributed by atoms with E-state index < -0.39 is 17.7 Å². The van der Waals surface area contributed by atoms with Crippen molar-refractivity contribution in [2.24, 2.45) is 0 Å². The average Bonchev–Trinajstić information content (AvgIpc) is 2.50. The summed E-state index contributed by atoms with van der Waals surface area (Å²) in [6.07, 6.45) is 0. The quantitative estimate of drug-likeness (QED) is 0.488. The van der Waals surface area contributed by atoms with Gasteiger partial charge in [-0.25, -0.2) is 0 Å². The molecular weight excluding hydrogens is 320 g/mol. The summed E-state index contributed by atoms with van der Waals surface area (Å²) in [6.45, 7) is 0. The maximum Gasteiger partial charge on any atom is 0.316 e. The van der Waals surface area contributed by atoms with Gasteiger partial charge in [0.2, 0.25) is 0 Å². The molecule has 0 aliphatic heterocycles. The largest absolute Gasteiger partial charge is 0.399 e. The summed E-state index contributed by atoms with van der Waals surface area (Å²) in [5.74, 6) is -2.95.